The van der Waals surface area contributed by atoms with E-state index in [-0.39, 0.29) is 18.1 Å². The first-order chi connectivity index (χ1) is 11.7. The van der Waals surface area contributed by atoms with Crippen molar-refractivity contribution in [2.24, 2.45) is 0 Å². The Morgan fingerprint density at radius 1 is 1.17 bits per heavy atom. The van der Waals surface area contributed by atoms with Crippen LogP contribution in [0.1, 0.15) is 17.3 Å². The van der Waals surface area contributed by atoms with Crippen LogP contribution in [-0.2, 0) is 4.74 Å². The topological polar surface area (TPSA) is 61.3 Å². The Hall–Kier alpha value is -2.60. The van der Waals surface area contributed by atoms with Gasteiger partial charge >= 0.3 is 5.97 Å². The van der Waals surface area contributed by atoms with Crippen LogP contribution in [0.3, 0.4) is 0 Å². The highest BCUT2D eigenvalue weighted by molar-refractivity contribution is 7.98. The Balaban J connectivity index is 1.98. The summed E-state index contributed by atoms with van der Waals surface area (Å²) in [5.74, 6) is 0.300. The van der Waals surface area contributed by atoms with Crippen molar-refractivity contribution in [1.29, 1.82) is 0 Å². The molecule has 122 valence electrons. The first-order valence-corrected chi connectivity index (χ1v) is 8.68. The maximum atomic E-state index is 12.1. The molecule has 6 heteroatoms. The van der Waals surface area contributed by atoms with Gasteiger partial charge in [-0.15, -0.1) is 0 Å². The van der Waals surface area contributed by atoms with Crippen LogP contribution >= 0.6 is 11.8 Å². The van der Waals surface area contributed by atoms with Gasteiger partial charge in [-0.1, -0.05) is 42.1 Å². The van der Waals surface area contributed by atoms with E-state index in [2.05, 4.69) is 9.97 Å². The van der Waals surface area contributed by atoms with Crippen LogP contribution in [0.4, 0.5) is 0 Å². The molecule has 0 fully saturated rings. The molecule has 0 aliphatic rings. The lowest BCUT2D eigenvalue weighted by molar-refractivity contribution is 0.0522. The number of hydrogen-bond donors (Lipinski definition) is 0. The van der Waals surface area contributed by atoms with E-state index in [1.54, 1.807) is 6.92 Å². The van der Waals surface area contributed by atoms with E-state index < -0.39 is 5.97 Å². The standard InChI is InChI=1S/C18H16N2O3S/c1-3-22-17(21)15-11-19-18(24-2)20-16(15)23-14-9-8-12-6-4-5-7-13(12)10-14/h4-11H,3H2,1-2H3. The fourth-order valence-corrected chi connectivity index (χ4v) is 2.55. The predicted molar refractivity (Wildman–Crippen MR) is 93.8 cm³/mol. The molecule has 1 heterocycles. The minimum Gasteiger partial charge on any atom is -0.462 e. The minimum atomic E-state index is -0.499. The van der Waals surface area contributed by atoms with Gasteiger partial charge in [0.2, 0.25) is 5.88 Å². The average Bonchev–Trinajstić information content (AvgIpc) is 2.61. The molecule has 0 radical (unpaired) electrons. The van der Waals surface area contributed by atoms with E-state index in [4.69, 9.17) is 9.47 Å². The van der Waals surface area contributed by atoms with Crippen molar-refractivity contribution in [2.75, 3.05) is 12.9 Å². The molecule has 0 spiro atoms. The highest BCUT2D eigenvalue weighted by Crippen LogP contribution is 2.28. The van der Waals surface area contributed by atoms with Crippen molar-refractivity contribution in [3.05, 3.63) is 54.2 Å². The van der Waals surface area contributed by atoms with Crippen LogP contribution < -0.4 is 4.74 Å². The van der Waals surface area contributed by atoms with Crippen LogP contribution in [0, 0.1) is 0 Å². The predicted octanol–water partition coefficient (Wildman–Crippen LogP) is 4.32. The number of esters is 1. The second kappa shape index (κ2) is 7.31. The summed E-state index contributed by atoms with van der Waals surface area (Å²) in [5, 5.41) is 2.69. The van der Waals surface area contributed by atoms with E-state index in [9.17, 15) is 4.79 Å². The summed E-state index contributed by atoms with van der Waals surface area (Å²) in [5.41, 5.74) is 0.211. The van der Waals surface area contributed by atoms with Crippen LogP contribution in [0.2, 0.25) is 0 Å². The van der Waals surface area contributed by atoms with Gasteiger partial charge in [-0.3, -0.25) is 0 Å². The highest BCUT2D eigenvalue weighted by atomic mass is 32.2. The number of hydrogen-bond acceptors (Lipinski definition) is 6. The molecule has 0 saturated heterocycles. The number of benzene rings is 2. The number of fused-ring (bicyclic) bond motifs is 1. The monoisotopic (exact) mass is 340 g/mol. The number of thioether (sulfide) groups is 1. The van der Waals surface area contributed by atoms with Gasteiger partial charge in [0, 0.05) is 6.20 Å². The molecule has 0 aliphatic carbocycles. The zero-order valence-electron chi connectivity index (χ0n) is 13.4. The van der Waals surface area contributed by atoms with Gasteiger partial charge < -0.3 is 9.47 Å². The van der Waals surface area contributed by atoms with Crippen molar-refractivity contribution < 1.29 is 14.3 Å². The number of rotatable bonds is 5. The molecule has 3 rings (SSSR count). The van der Waals surface area contributed by atoms with Crippen molar-refractivity contribution in [1.82, 2.24) is 9.97 Å². The number of nitrogens with zero attached hydrogens (tertiary/aromatic N) is 2. The van der Waals surface area contributed by atoms with Gasteiger partial charge in [-0.2, -0.15) is 4.98 Å². The van der Waals surface area contributed by atoms with E-state index in [0.717, 1.165) is 10.8 Å². The molecule has 1 aromatic heterocycles. The van der Waals surface area contributed by atoms with Crippen LogP contribution in [-0.4, -0.2) is 28.8 Å². The van der Waals surface area contributed by atoms with E-state index in [0.29, 0.717) is 10.9 Å². The van der Waals surface area contributed by atoms with Crippen molar-refractivity contribution in [3.8, 4) is 11.6 Å². The zero-order valence-corrected chi connectivity index (χ0v) is 14.2. The third-order valence-corrected chi connectivity index (χ3v) is 3.91. The molecule has 0 saturated carbocycles. The molecule has 0 bridgehead atoms. The fourth-order valence-electron chi connectivity index (χ4n) is 2.22. The summed E-state index contributed by atoms with van der Waals surface area (Å²) < 4.78 is 10.9. The normalized spacial score (nSPS) is 10.6. The summed E-state index contributed by atoms with van der Waals surface area (Å²) in [7, 11) is 0. The highest BCUT2D eigenvalue weighted by Gasteiger charge is 2.18. The molecular formula is C18H16N2O3S. The van der Waals surface area contributed by atoms with Gasteiger partial charge in [0.25, 0.3) is 0 Å². The Labute approximate surface area is 144 Å². The quantitative estimate of drug-likeness (QED) is 0.391. The fraction of sp³-hybridized carbons (Fsp3) is 0.167. The molecule has 0 aliphatic heterocycles. The van der Waals surface area contributed by atoms with E-state index in [1.807, 2.05) is 48.7 Å². The first kappa shape index (κ1) is 16.3. The number of ether oxygens (including phenoxy) is 2. The molecule has 0 amide bonds. The van der Waals surface area contributed by atoms with Gasteiger partial charge in [-0.05, 0) is 36.1 Å². The molecular weight excluding hydrogens is 324 g/mol. The second-order valence-corrected chi connectivity index (χ2v) is 5.68. The summed E-state index contributed by atoms with van der Waals surface area (Å²) in [6.07, 6.45) is 3.30. The Morgan fingerprint density at radius 3 is 2.71 bits per heavy atom. The number of carbonyl (C=O) groups is 1. The minimum absolute atomic E-state index is 0.197. The zero-order chi connectivity index (χ0) is 16.9. The van der Waals surface area contributed by atoms with Crippen LogP contribution in [0.5, 0.6) is 11.6 Å². The average molecular weight is 340 g/mol. The van der Waals surface area contributed by atoms with Crippen LogP contribution in [0.25, 0.3) is 10.8 Å². The molecule has 3 aromatic rings. The van der Waals surface area contributed by atoms with Gasteiger partial charge in [-0.25, -0.2) is 9.78 Å². The molecule has 0 atom stereocenters. The maximum absolute atomic E-state index is 12.1. The largest absolute Gasteiger partial charge is 0.462 e. The summed E-state index contributed by atoms with van der Waals surface area (Å²) >= 11 is 1.38. The number of carbonyl (C=O) groups excluding carboxylic acids is 1. The van der Waals surface area contributed by atoms with Gasteiger partial charge in [0.15, 0.2) is 5.16 Å². The van der Waals surface area contributed by atoms with Crippen molar-refractivity contribution in [2.45, 2.75) is 12.1 Å². The summed E-state index contributed by atoms with van der Waals surface area (Å²) in [4.78, 5) is 20.5. The van der Waals surface area contributed by atoms with E-state index >= 15 is 0 Å². The maximum Gasteiger partial charge on any atom is 0.345 e. The second-order valence-electron chi connectivity index (χ2n) is 4.91. The first-order valence-electron chi connectivity index (χ1n) is 7.46. The molecule has 5 nitrogen and oxygen atoms in total. The third kappa shape index (κ3) is 3.49. The Bertz CT molecular complexity index is 883. The van der Waals surface area contributed by atoms with E-state index in [1.165, 1.54) is 18.0 Å². The lowest BCUT2D eigenvalue weighted by Gasteiger charge is -2.10. The van der Waals surface area contributed by atoms with Gasteiger partial charge in [0.05, 0.1) is 6.61 Å². The van der Waals surface area contributed by atoms with Gasteiger partial charge in [0.1, 0.15) is 11.3 Å². The molecule has 24 heavy (non-hydrogen) atoms. The lowest BCUT2D eigenvalue weighted by atomic mass is 10.1. The molecule has 0 unspecified atom stereocenters. The SMILES string of the molecule is CCOC(=O)c1cnc(SC)nc1Oc1ccc2ccccc2c1. The summed E-state index contributed by atoms with van der Waals surface area (Å²) in [6.45, 7) is 2.03. The Kier molecular flexibility index (Phi) is 4.96. The van der Waals surface area contributed by atoms with Crippen molar-refractivity contribution >= 4 is 28.5 Å². The summed E-state index contributed by atoms with van der Waals surface area (Å²) in [6, 6.07) is 13.7. The van der Waals surface area contributed by atoms with Crippen molar-refractivity contribution in [3.63, 3.8) is 0 Å². The molecule has 0 N–H and O–H groups in total. The Morgan fingerprint density at radius 2 is 1.96 bits per heavy atom. The lowest BCUT2D eigenvalue weighted by Crippen LogP contribution is -2.09. The molecule has 2 aromatic carbocycles. The smallest absolute Gasteiger partial charge is 0.345 e. The third-order valence-electron chi connectivity index (χ3n) is 3.35. The number of aromatic nitrogens is 2. The van der Waals surface area contributed by atoms with Crippen LogP contribution in [0.15, 0.2) is 53.8 Å².